The SMILES string of the molecule is CC(=O)Nc1cnc(N2CCC(n3c(=O)c(=O)n(C)c4cc(F)ccc43)CC2)nc1. The molecule has 0 bridgehead atoms. The molecule has 30 heavy (non-hydrogen) atoms. The molecule has 1 amide bonds. The maximum Gasteiger partial charge on any atom is 0.317 e. The van der Waals surface area contributed by atoms with Gasteiger partial charge in [0.05, 0.1) is 29.1 Å². The quantitative estimate of drug-likeness (QED) is 0.653. The third-order valence-electron chi connectivity index (χ3n) is 5.34. The number of aromatic nitrogens is 4. The summed E-state index contributed by atoms with van der Waals surface area (Å²) < 4.78 is 16.4. The van der Waals surface area contributed by atoms with Gasteiger partial charge in [0.2, 0.25) is 11.9 Å². The molecule has 0 aliphatic carbocycles. The second-order valence-corrected chi connectivity index (χ2v) is 7.34. The van der Waals surface area contributed by atoms with Crippen LogP contribution >= 0.6 is 0 Å². The second kappa shape index (κ2) is 7.69. The molecule has 1 fully saturated rings. The summed E-state index contributed by atoms with van der Waals surface area (Å²) in [5.41, 5.74) is 0.168. The van der Waals surface area contributed by atoms with Crippen molar-refractivity contribution in [3.05, 3.63) is 57.1 Å². The van der Waals surface area contributed by atoms with Gasteiger partial charge in [0.1, 0.15) is 5.82 Å². The van der Waals surface area contributed by atoms with Crippen molar-refractivity contribution in [2.45, 2.75) is 25.8 Å². The number of benzene rings is 1. The summed E-state index contributed by atoms with van der Waals surface area (Å²) in [5, 5.41) is 2.62. The smallest absolute Gasteiger partial charge is 0.317 e. The first-order valence-corrected chi connectivity index (χ1v) is 9.60. The van der Waals surface area contributed by atoms with E-state index in [9.17, 15) is 18.8 Å². The highest BCUT2D eigenvalue weighted by molar-refractivity contribution is 5.88. The molecule has 0 atom stereocenters. The van der Waals surface area contributed by atoms with E-state index in [4.69, 9.17) is 0 Å². The van der Waals surface area contributed by atoms with Crippen molar-refractivity contribution in [1.82, 2.24) is 19.1 Å². The summed E-state index contributed by atoms with van der Waals surface area (Å²) >= 11 is 0. The summed E-state index contributed by atoms with van der Waals surface area (Å²) in [5.74, 6) is -0.123. The van der Waals surface area contributed by atoms with Crippen molar-refractivity contribution >= 4 is 28.6 Å². The molecule has 10 heteroatoms. The Morgan fingerprint density at radius 2 is 1.77 bits per heavy atom. The van der Waals surface area contributed by atoms with E-state index in [0.717, 1.165) is 0 Å². The zero-order valence-electron chi connectivity index (χ0n) is 16.6. The molecule has 9 nitrogen and oxygen atoms in total. The fraction of sp³-hybridized carbons (Fsp3) is 0.350. The molecule has 1 N–H and O–H groups in total. The van der Waals surface area contributed by atoms with Gasteiger partial charge < -0.3 is 14.8 Å². The van der Waals surface area contributed by atoms with E-state index in [2.05, 4.69) is 15.3 Å². The van der Waals surface area contributed by atoms with Gasteiger partial charge in [-0.05, 0) is 31.0 Å². The standard InChI is InChI=1S/C20H21FN6O3/c1-12(28)24-14-10-22-20(23-11-14)26-7-5-15(6-8-26)27-16-4-3-13(21)9-17(16)25(2)18(29)19(27)30/h3-4,9-11,15H,5-8H2,1-2H3,(H,24,28). The van der Waals surface area contributed by atoms with E-state index in [1.807, 2.05) is 4.90 Å². The molecule has 0 saturated carbocycles. The molecule has 1 aromatic carbocycles. The third-order valence-corrected chi connectivity index (χ3v) is 5.34. The lowest BCUT2D eigenvalue weighted by molar-refractivity contribution is -0.114. The molecule has 1 aliphatic rings. The summed E-state index contributed by atoms with van der Waals surface area (Å²) in [6, 6.07) is 3.92. The number of halogens is 1. The average Bonchev–Trinajstić information content (AvgIpc) is 2.73. The number of carbonyl (C=O) groups excluding carboxylic acids is 1. The topological polar surface area (TPSA) is 102 Å². The number of rotatable bonds is 3. The van der Waals surface area contributed by atoms with Crippen LogP contribution in [-0.2, 0) is 11.8 Å². The summed E-state index contributed by atoms with van der Waals surface area (Å²) in [4.78, 5) is 46.8. The monoisotopic (exact) mass is 412 g/mol. The molecule has 4 rings (SSSR count). The zero-order chi connectivity index (χ0) is 21.4. The number of amides is 1. The van der Waals surface area contributed by atoms with Gasteiger partial charge in [-0.15, -0.1) is 0 Å². The Morgan fingerprint density at radius 1 is 1.10 bits per heavy atom. The van der Waals surface area contributed by atoms with Crippen LogP contribution in [0.4, 0.5) is 16.0 Å². The van der Waals surface area contributed by atoms with Crippen LogP contribution in [-0.4, -0.2) is 38.1 Å². The molecular weight excluding hydrogens is 391 g/mol. The van der Waals surface area contributed by atoms with Gasteiger partial charge in [0.15, 0.2) is 0 Å². The number of carbonyl (C=O) groups is 1. The Kier molecular flexibility index (Phi) is 5.06. The van der Waals surface area contributed by atoms with Crippen molar-refractivity contribution in [2.24, 2.45) is 7.05 Å². The van der Waals surface area contributed by atoms with Crippen molar-refractivity contribution in [2.75, 3.05) is 23.3 Å². The molecule has 3 aromatic rings. The molecule has 0 unspecified atom stereocenters. The minimum absolute atomic E-state index is 0.186. The van der Waals surface area contributed by atoms with Gasteiger partial charge in [-0.25, -0.2) is 14.4 Å². The normalized spacial score (nSPS) is 14.8. The first-order valence-electron chi connectivity index (χ1n) is 9.60. The largest absolute Gasteiger partial charge is 0.341 e. The van der Waals surface area contributed by atoms with Gasteiger partial charge in [-0.3, -0.25) is 19.0 Å². The number of anilines is 2. The summed E-state index contributed by atoms with van der Waals surface area (Å²) in [6.07, 6.45) is 4.30. The number of fused-ring (bicyclic) bond motifs is 1. The average molecular weight is 412 g/mol. The number of piperidine rings is 1. The fourth-order valence-electron chi connectivity index (χ4n) is 3.87. The predicted octanol–water partition coefficient (Wildman–Crippen LogP) is 1.43. The van der Waals surface area contributed by atoms with Crippen LogP contribution in [0.5, 0.6) is 0 Å². The van der Waals surface area contributed by atoms with E-state index in [1.165, 1.54) is 35.2 Å². The van der Waals surface area contributed by atoms with E-state index in [1.54, 1.807) is 18.5 Å². The number of hydrogen-bond donors (Lipinski definition) is 1. The number of hydrogen-bond acceptors (Lipinski definition) is 6. The van der Waals surface area contributed by atoms with Crippen LogP contribution in [0.1, 0.15) is 25.8 Å². The third kappa shape index (κ3) is 3.56. The highest BCUT2D eigenvalue weighted by Crippen LogP contribution is 2.26. The maximum absolute atomic E-state index is 13.7. The molecular formula is C20H21FN6O3. The van der Waals surface area contributed by atoms with E-state index < -0.39 is 16.9 Å². The molecule has 0 radical (unpaired) electrons. The van der Waals surface area contributed by atoms with Gasteiger partial charge >= 0.3 is 11.1 Å². The Morgan fingerprint density at radius 3 is 2.40 bits per heavy atom. The van der Waals surface area contributed by atoms with Crippen molar-refractivity contribution in [1.29, 1.82) is 0 Å². The lowest BCUT2D eigenvalue weighted by Gasteiger charge is -2.33. The highest BCUT2D eigenvalue weighted by Gasteiger charge is 2.25. The number of aryl methyl sites for hydroxylation is 1. The van der Waals surface area contributed by atoms with Crippen LogP contribution < -0.4 is 21.3 Å². The zero-order valence-corrected chi connectivity index (χ0v) is 16.6. The van der Waals surface area contributed by atoms with E-state index in [-0.39, 0.29) is 11.9 Å². The van der Waals surface area contributed by atoms with Crippen LogP contribution in [0.15, 0.2) is 40.2 Å². The van der Waals surface area contributed by atoms with E-state index >= 15 is 0 Å². The molecule has 2 aromatic heterocycles. The molecule has 1 aliphatic heterocycles. The molecule has 3 heterocycles. The Bertz CT molecular complexity index is 1230. The van der Waals surface area contributed by atoms with E-state index in [0.29, 0.717) is 48.6 Å². The Balaban J connectivity index is 1.59. The van der Waals surface area contributed by atoms with Crippen LogP contribution in [0.25, 0.3) is 11.0 Å². The second-order valence-electron chi connectivity index (χ2n) is 7.34. The molecule has 1 saturated heterocycles. The Labute approximate surface area is 170 Å². The Hall–Kier alpha value is -3.56. The van der Waals surface area contributed by atoms with Crippen LogP contribution in [0.3, 0.4) is 0 Å². The van der Waals surface area contributed by atoms with Crippen molar-refractivity contribution in [3.8, 4) is 0 Å². The minimum atomic E-state index is -0.674. The van der Waals surface area contributed by atoms with Gasteiger partial charge in [0, 0.05) is 33.1 Å². The summed E-state index contributed by atoms with van der Waals surface area (Å²) in [6.45, 7) is 2.60. The predicted molar refractivity (Wildman–Crippen MR) is 110 cm³/mol. The van der Waals surface area contributed by atoms with Crippen molar-refractivity contribution in [3.63, 3.8) is 0 Å². The van der Waals surface area contributed by atoms with Gasteiger partial charge in [-0.2, -0.15) is 0 Å². The molecule has 156 valence electrons. The molecule has 0 spiro atoms. The minimum Gasteiger partial charge on any atom is -0.341 e. The lowest BCUT2D eigenvalue weighted by atomic mass is 10.0. The van der Waals surface area contributed by atoms with Gasteiger partial charge in [-0.1, -0.05) is 0 Å². The van der Waals surface area contributed by atoms with Gasteiger partial charge in [0.25, 0.3) is 0 Å². The maximum atomic E-state index is 13.7. The number of nitrogens with one attached hydrogen (secondary N) is 1. The first-order chi connectivity index (χ1) is 14.3. The first kappa shape index (κ1) is 19.7. The lowest BCUT2D eigenvalue weighted by Crippen LogP contribution is -2.45. The summed E-state index contributed by atoms with van der Waals surface area (Å²) in [7, 11) is 1.47. The number of nitrogens with zero attached hydrogens (tertiary/aromatic N) is 5. The van der Waals surface area contributed by atoms with Crippen molar-refractivity contribution < 1.29 is 9.18 Å². The van der Waals surface area contributed by atoms with Crippen LogP contribution in [0.2, 0.25) is 0 Å². The van der Waals surface area contributed by atoms with Crippen LogP contribution in [0, 0.1) is 5.82 Å². The highest BCUT2D eigenvalue weighted by atomic mass is 19.1. The fourth-order valence-corrected chi connectivity index (χ4v) is 3.87.